The van der Waals surface area contributed by atoms with Gasteiger partial charge in [-0.1, -0.05) is 0 Å². The Morgan fingerprint density at radius 3 is 2.62 bits per heavy atom. The zero-order valence-corrected chi connectivity index (χ0v) is 11.1. The van der Waals surface area contributed by atoms with Gasteiger partial charge >= 0.3 is 0 Å². The van der Waals surface area contributed by atoms with E-state index in [0.29, 0.717) is 19.0 Å². The van der Waals surface area contributed by atoms with Gasteiger partial charge in [-0.15, -0.1) is 0 Å². The number of piperidine rings is 1. The van der Waals surface area contributed by atoms with Crippen LogP contribution in [0.5, 0.6) is 0 Å². The quantitative estimate of drug-likeness (QED) is 0.835. The second kappa shape index (κ2) is 4.85. The molecular formula is C11H17NO2S2. The molecule has 0 unspecified atom stereocenters. The molecule has 3 nitrogen and oxygen atoms in total. The van der Waals surface area contributed by atoms with Crippen LogP contribution in [0.3, 0.4) is 0 Å². The van der Waals surface area contributed by atoms with Gasteiger partial charge in [0.1, 0.15) is 0 Å². The van der Waals surface area contributed by atoms with Gasteiger partial charge in [-0.3, -0.25) is 0 Å². The van der Waals surface area contributed by atoms with Crippen molar-refractivity contribution in [2.24, 2.45) is 0 Å². The Hall–Kier alpha value is -0.390. The summed E-state index contributed by atoms with van der Waals surface area (Å²) in [5.74, 6) is 0.769. The fraction of sp³-hybridized carbons (Fsp3) is 0.636. The van der Waals surface area contributed by atoms with Gasteiger partial charge in [0.25, 0.3) is 0 Å². The molecule has 1 aliphatic rings. The van der Waals surface area contributed by atoms with Crippen LogP contribution in [0.15, 0.2) is 16.8 Å². The van der Waals surface area contributed by atoms with E-state index in [9.17, 15) is 8.42 Å². The zero-order valence-electron chi connectivity index (χ0n) is 9.43. The van der Waals surface area contributed by atoms with Crippen molar-refractivity contribution >= 4 is 21.4 Å². The molecule has 1 saturated heterocycles. The molecule has 0 saturated carbocycles. The van der Waals surface area contributed by atoms with Crippen LogP contribution < -0.4 is 0 Å². The van der Waals surface area contributed by atoms with Crippen molar-refractivity contribution in [3.63, 3.8) is 0 Å². The van der Waals surface area contributed by atoms with Crippen molar-refractivity contribution < 1.29 is 8.42 Å². The Morgan fingerprint density at radius 1 is 1.44 bits per heavy atom. The Labute approximate surface area is 101 Å². The highest BCUT2D eigenvalue weighted by Crippen LogP contribution is 2.30. The first-order valence-corrected chi connectivity index (χ1v) is 8.18. The van der Waals surface area contributed by atoms with E-state index in [1.807, 2.05) is 0 Å². The molecule has 0 radical (unpaired) electrons. The predicted octanol–water partition coefficient (Wildman–Crippen LogP) is 2.28. The lowest BCUT2D eigenvalue weighted by molar-refractivity contribution is 0.320. The number of sulfonamides is 1. The van der Waals surface area contributed by atoms with E-state index in [0.717, 1.165) is 12.8 Å². The largest absolute Gasteiger partial charge is 0.213 e. The highest BCUT2D eigenvalue weighted by atomic mass is 32.2. The van der Waals surface area contributed by atoms with E-state index in [4.69, 9.17) is 0 Å². The van der Waals surface area contributed by atoms with Gasteiger partial charge in [-0.25, -0.2) is 12.7 Å². The molecular weight excluding hydrogens is 242 g/mol. The highest BCUT2D eigenvalue weighted by Gasteiger charge is 2.27. The van der Waals surface area contributed by atoms with Crippen LogP contribution in [0.1, 0.15) is 31.2 Å². The standard InChI is InChI=1S/C11H17NO2S2/c1-2-16(13,14)12-6-3-10(4-7-12)11-5-8-15-9-11/h5,8-10H,2-4,6-7H2,1H3. The summed E-state index contributed by atoms with van der Waals surface area (Å²) in [5, 5.41) is 4.26. The molecule has 0 spiro atoms. The molecule has 5 heteroatoms. The van der Waals surface area contributed by atoms with Crippen LogP contribution in [0, 0.1) is 0 Å². The Kier molecular flexibility index (Phi) is 3.66. The summed E-state index contributed by atoms with van der Waals surface area (Å²) in [4.78, 5) is 0. The van der Waals surface area contributed by atoms with Gasteiger partial charge < -0.3 is 0 Å². The maximum Gasteiger partial charge on any atom is 0.213 e. The number of thiophene rings is 1. The molecule has 0 aliphatic carbocycles. The normalized spacial score (nSPS) is 20.1. The minimum atomic E-state index is -2.98. The van der Waals surface area contributed by atoms with Crippen LogP contribution in [-0.4, -0.2) is 31.6 Å². The van der Waals surface area contributed by atoms with E-state index in [2.05, 4.69) is 16.8 Å². The lowest BCUT2D eigenvalue weighted by atomic mass is 9.92. The summed E-state index contributed by atoms with van der Waals surface area (Å²) in [6.45, 7) is 3.06. The molecule has 16 heavy (non-hydrogen) atoms. The first-order chi connectivity index (χ1) is 7.63. The second-order valence-corrected chi connectivity index (χ2v) is 7.17. The molecule has 1 aliphatic heterocycles. The third-order valence-electron chi connectivity index (χ3n) is 3.23. The van der Waals surface area contributed by atoms with Crippen molar-refractivity contribution in [2.75, 3.05) is 18.8 Å². The molecule has 1 aromatic heterocycles. The minimum Gasteiger partial charge on any atom is -0.212 e. The fourth-order valence-electron chi connectivity index (χ4n) is 2.16. The van der Waals surface area contributed by atoms with Gasteiger partial charge in [0.05, 0.1) is 5.75 Å². The molecule has 90 valence electrons. The van der Waals surface area contributed by atoms with Crippen molar-refractivity contribution in [1.82, 2.24) is 4.31 Å². The lowest BCUT2D eigenvalue weighted by Gasteiger charge is -2.30. The maximum atomic E-state index is 11.7. The average molecular weight is 259 g/mol. The molecule has 0 N–H and O–H groups in total. The van der Waals surface area contributed by atoms with Gasteiger partial charge in [-0.05, 0) is 48.1 Å². The molecule has 0 amide bonds. The average Bonchev–Trinajstić information content (AvgIpc) is 2.83. The van der Waals surface area contributed by atoms with Crippen molar-refractivity contribution in [3.8, 4) is 0 Å². The highest BCUT2D eigenvalue weighted by molar-refractivity contribution is 7.89. The molecule has 2 rings (SSSR count). The van der Waals surface area contributed by atoms with Crippen LogP contribution in [0.25, 0.3) is 0 Å². The van der Waals surface area contributed by atoms with E-state index in [-0.39, 0.29) is 5.75 Å². The topological polar surface area (TPSA) is 37.4 Å². The first kappa shape index (κ1) is 12.1. The third-order valence-corrected chi connectivity index (χ3v) is 5.81. The Morgan fingerprint density at radius 2 is 2.12 bits per heavy atom. The van der Waals surface area contributed by atoms with Crippen molar-refractivity contribution in [2.45, 2.75) is 25.7 Å². The molecule has 0 bridgehead atoms. The summed E-state index contributed by atoms with van der Waals surface area (Å²) in [7, 11) is -2.98. The monoisotopic (exact) mass is 259 g/mol. The lowest BCUT2D eigenvalue weighted by Crippen LogP contribution is -2.38. The van der Waals surface area contributed by atoms with Gasteiger partial charge in [0.2, 0.25) is 10.0 Å². The third kappa shape index (κ3) is 2.47. The summed E-state index contributed by atoms with van der Waals surface area (Å²) >= 11 is 1.71. The Bertz CT molecular complexity index is 417. The summed E-state index contributed by atoms with van der Waals surface area (Å²) in [6, 6.07) is 2.15. The zero-order chi connectivity index (χ0) is 11.6. The number of nitrogens with zero attached hydrogens (tertiary/aromatic N) is 1. The van der Waals surface area contributed by atoms with E-state index in [1.54, 1.807) is 22.6 Å². The maximum absolute atomic E-state index is 11.7. The first-order valence-electron chi connectivity index (χ1n) is 5.63. The van der Waals surface area contributed by atoms with Gasteiger partial charge in [-0.2, -0.15) is 11.3 Å². The van der Waals surface area contributed by atoms with Crippen molar-refractivity contribution in [1.29, 1.82) is 0 Å². The predicted molar refractivity (Wildman–Crippen MR) is 67.3 cm³/mol. The summed E-state index contributed by atoms with van der Waals surface area (Å²) in [6.07, 6.45) is 1.91. The van der Waals surface area contributed by atoms with Crippen LogP contribution >= 0.6 is 11.3 Å². The van der Waals surface area contributed by atoms with Gasteiger partial charge in [0, 0.05) is 13.1 Å². The fourth-order valence-corrected chi connectivity index (χ4v) is 4.03. The molecule has 1 fully saturated rings. The second-order valence-electron chi connectivity index (χ2n) is 4.13. The van der Waals surface area contributed by atoms with Crippen LogP contribution in [0.4, 0.5) is 0 Å². The smallest absolute Gasteiger partial charge is 0.212 e. The molecule has 0 atom stereocenters. The van der Waals surface area contributed by atoms with Crippen LogP contribution in [0.2, 0.25) is 0 Å². The molecule has 1 aromatic rings. The molecule has 2 heterocycles. The van der Waals surface area contributed by atoms with E-state index >= 15 is 0 Å². The summed E-state index contributed by atoms with van der Waals surface area (Å²) in [5.41, 5.74) is 1.37. The molecule has 0 aromatic carbocycles. The SMILES string of the molecule is CCS(=O)(=O)N1CCC(c2ccsc2)CC1. The minimum absolute atomic E-state index is 0.218. The summed E-state index contributed by atoms with van der Waals surface area (Å²) < 4.78 is 25.0. The Balaban J connectivity index is 1.98. The van der Waals surface area contributed by atoms with E-state index in [1.165, 1.54) is 5.56 Å². The van der Waals surface area contributed by atoms with Crippen LogP contribution in [-0.2, 0) is 10.0 Å². The number of hydrogen-bond donors (Lipinski definition) is 0. The van der Waals surface area contributed by atoms with E-state index < -0.39 is 10.0 Å². The number of rotatable bonds is 3. The van der Waals surface area contributed by atoms with Crippen molar-refractivity contribution in [3.05, 3.63) is 22.4 Å². The number of hydrogen-bond acceptors (Lipinski definition) is 3. The van der Waals surface area contributed by atoms with Gasteiger partial charge in [0.15, 0.2) is 0 Å².